The third-order valence-corrected chi connectivity index (χ3v) is 6.96. The molecule has 5 heterocycles. The van der Waals surface area contributed by atoms with Gasteiger partial charge < -0.3 is 19.6 Å². The second kappa shape index (κ2) is 9.30. The number of ether oxygens (including phenoxy) is 1. The zero-order chi connectivity index (χ0) is 25.5. The van der Waals surface area contributed by atoms with E-state index in [1.807, 2.05) is 31.2 Å². The average Bonchev–Trinajstić information content (AvgIpc) is 3.66. The lowest BCUT2D eigenvalue weighted by molar-refractivity contribution is 0.0566. The Morgan fingerprint density at radius 1 is 1.08 bits per heavy atom. The van der Waals surface area contributed by atoms with Crippen LogP contribution in [0.2, 0.25) is 0 Å². The highest BCUT2D eigenvalue weighted by atomic mass is 19.3. The number of imidazole rings is 1. The lowest BCUT2D eigenvalue weighted by Gasteiger charge is -2.32. The van der Waals surface area contributed by atoms with Crippen LogP contribution in [0.15, 0.2) is 49.1 Å². The van der Waals surface area contributed by atoms with E-state index in [-0.39, 0.29) is 0 Å². The molecule has 5 aromatic rings. The molecule has 4 aromatic heterocycles. The maximum Gasteiger partial charge on any atom is 0.333 e. The minimum atomic E-state index is -2.68. The van der Waals surface area contributed by atoms with Gasteiger partial charge >= 0.3 is 6.55 Å². The number of hydrogen-bond acceptors (Lipinski definition) is 6. The summed E-state index contributed by atoms with van der Waals surface area (Å²) >= 11 is 0. The molecule has 1 aromatic carbocycles. The molecule has 1 aliphatic heterocycles. The third kappa shape index (κ3) is 4.30. The van der Waals surface area contributed by atoms with E-state index in [9.17, 15) is 8.78 Å². The first-order chi connectivity index (χ1) is 18.0. The summed E-state index contributed by atoms with van der Waals surface area (Å²) in [6.45, 7) is 0.971. The van der Waals surface area contributed by atoms with Crippen LogP contribution in [0.1, 0.15) is 36.8 Å². The minimum absolute atomic E-state index is 0.314. The van der Waals surface area contributed by atoms with Crippen molar-refractivity contribution in [1.82, 2.24) is 34.7 Å². The Morgan fingerprint density at radius 2 is 1.92 bits per heavy atom. The number of fused-ring (bicyclic) bond motifs is 1. The lowest BCUT2D eigenvalue weighted by Crippen LogP contribution is -2.33. The molecule has 11 heteroatoms. The Balaban J connectivity index is 1.20. The molecular weight excluding hydrogens is 478 g/mol. The summed E-state index contributed by atoms with van der Waals surface area (Å²) in [4.78, 5) is 22.8. The topological polar surface area (TPSA) is 101 Å². The number of aromatic nitrogens is 7. The van der Waals surface area contributed by atoms with E-state index in [0.717, 1.165) is 65.7 Å². The van der Waals surface area contributed by atoms with Crippen molar-refractivity contribution in [3.05, 3.63) is 60.6 Å². The number of methoxy groups -OCH3 is 1. The van der Waals surface area contributed by atoms with Gasteiger partial charge in [0.05, 0.1) is 35.8 Å². The predicted molar refractivity (Wildman–Crippen MR) is 136 cm³/mol. The van der Waals surface area contributed by atoms with Crippen LogP contribution in [-0.4, -0.2) is 54.9 Å². The Morgan fingerprint density at radius 3 is 2.68 bits per heavy atom. The van der Waals surface area contributed by atoms with Crippen molar-refractivity contribution in [3.63, 3.8) is 0 Å². The Kier molecular flexibility index (Phi) is 5.82. The molecule has 0 atom stereocenters. The van der Waals surface area contributed by atoms with Crippen LogP contribution in [0.25, 0.3) is 33.5 Å². The molecule has 0 bridgehead atoms. The van der Waals surface area contributed by atoms with Crippen molar-refractivity contribution in [1.29, 1.82) is 0 Å². The molecule has 190 valence electrons. The number of benzene rings is 1. The molecule has 1 aliphatic rings. The normalized spacial score (nSPS) is 14.7. The van der Waals surface area contributed by atoms with Gasteiger partial charge in [-0.25, -0.2) is 19.6 Å². The molecule has 0 aliphatic carbocycles. The molecule has 0 radical (unpaired) electrons. The first-order valence-corrected chi connectivity index (χ1v) is 12.1. The molecule has 1 saturated heterocycles. The zero-order valence-electron chi connectivity index (χ0n) is 20.4. The van der Waals surface area contributed by atoms with Gasteiger partial charge in [0.2, 0.25) is 0 Å². The van der Waals surface area contributed by atoms with Gasteiger partial charge in [0.15, 0.2) is 0 Å². The highest BCUT2D eigenvalue weighted by Gasteiger charge is 2.26. The quantitative estimate of drug-likeness (QED) is 0.325. The van der Waals surface area contributed by atoms with Gasteiger partial charge in [-0.2, -0.15) is 13.9 Å². The summed E-state index contributed by atoms with van der Waals surface area (Å²) in [5.74, 6) is 2.96. The number of H-pyrrole nitrogens is 2. The van der Waals surface area contributed by atoms with Gasteiger partial charge in [-0.3, -0.25) is 0 Å². The fourth-order valence-electron chi connectivity index (χ4n) is 5.02. The van der Waals surface area contributed by atoms with Crippen LogP contribution in [0.3, 0.4) is 0 Å². The maximum atomic E-state index is 13.0. The summed E-state index contributed by atoms with van der Waals surface area (Å²) < 4.78 is 31.9. The van der Waals surface area contributed by atoms with Crippen LogP contribution >= 0.6 is 0 Å². The van der Waals surface area contributed by atoms with Crippen LogP contribution < -0.4 is 9.64 Å². The smallest absolute Gasteiger partial charge is 0.333 e. The summed E-state index contributed by atoms with van der Waals surface area (Å²) in [6.07, 6.45) is 6.12. The van der Waals surface area contributed by atoms with Gasteiger partial charge in [-0.1, -0.05) is 12.1 Å². The number of alkyl halides is 2. The Labute approximate surface area is 211 Å². The van der Waals surface area contributed by atoms with Gasteiger partial charge in [0.25, 0.3) is 0 Å². The number of halogens is 2. The lowest BCUT2D eigenvalue weighted by atomic mass is 9.96. The van der Waals surface area contributed by atoms with Crippen LogP contribution in [0, 0.1) is 6.92 Å². The van der Waals surface area contributed by atoms with Gasteiger partial charge in [0.1, 0.15) is 29.4 Å². The fraction of sp³-hybridized carbons (Fsp3) is 0.308. The van der Waals surface area contributed by atoms with E-state index in [1.165, 1.54) is 18.7 Å². The second-order valence-corrected chi connectivity index (χ2v) is 9.20. The van der Waals surface area contributed by atoms with Crippen LogP contribution in [0.4, 0.5) is 14.6 Å². The molecule has 2 N–H and O–H groups in total. The summed E-state index contributed by atoms with van der Waals surface area (Å²) in [6, 6.07) is 9.88. The highest BCUT2D eigenvalue weighted by molar-refractivity contribution is 5.91. The van der Waals surface area contributed by atoms with Gasteiger partial charge in [-0.05, 0) is 38.0 Å². The van der Waals surface area contributed by atoms with Crippen molar-refractivity contribution in [2.75, 3.05) is 25.1 Å². The SMILES string of the molecule is COc1cccc(-c2[nH]c(C3CCN(c4ncnc5[nH]c(-c6cnn(C(F)F)c6)cc45)CC3)nc2C)c1. The van der Waals surface area contributed by atoms with Crippen molar-refractivity contribution in [2.45, 2.75) is 32.2 Å². The largest absolute Gasteiger partial charge is 0.497 e. The first kappa shape index (κ1) is 23.1. The molecule has 0 amide bonds. The van der Waals surface area contributed by atoms with Crippen molar-refractivity contribution in [3.8, 4) is 28.3 Å². The standard InChI is InChI=1S/C26H26F2N8O/c1-15-22(17-4-3-5-19(10-17)37-2)34-23(32-15)16-6-8-35(9-7-16)25-20-11-21(33-24(20)29-14-30-25)18-12-31-36(13-18)26(27)28/h3-5,10-14,16,26H,6-9H2,1-2H3,(H,32,34)(H,29,30,33). The van der Waals surface area contributed by atoms with E-state index in [4.69, 9.17) is 9.72 Å². The number of aryl methyl sites for hydroxylation is 1. The zero-order valence-corrected chi connectivity index (χ0v) is 20.4. The molecule has 0 saturated carbocycles. The van der Waals surface area contributed by atoms with Crippen molar-refractivity contribution < 1.29 is 13.5 Å². The molecule has 1 fully saturated rings. The van der Waals surface area contributed by atoms with E-state index in [2.05, 4.69) is 36.0 Å². The number of hydrogen-bond donors (Lipinski definition) is 2. The number of anilines is 1. The first-order valence-electron chi connectivity index (χ1n) is 12.1. The van der Waals surface area contributed by atoms with Crippen LogP contribution in [0.5, 0.6) is 5.75 Å². The van der Waals surface area contributed by atoms with E-state index < -0.39 is 6.55 Å². The highest BCUT2D eigenvalue weighted by Crippen LogP contribution is 2.35. The summed E-state index contributed by atoms with van der Waals surface area (Å²) in [7, 11) is 1.67. The van der Waals surface area contributed by atoms with E-state index in [0.29, 0.717) is 27.5 Å². The van der Waals surface area contributed by atoms with E-state index >= 15 is 0 Å². The van der Waals surface area contributed by atoms with E-state index in [1.54, 1.807) is 7.11 Å². The van der Waals surface area contributed by atoms with Crippen molar-refractivity contribution >= 4 is 16.9 Å². The molecule has 9 nitrogen and oxygen atoms in total. The fourth-order valence-corrected chi connectivity index (χ4v) is 5.02. The molecule has 0 spiro atoms. The molecular formula is C26H26F2N8O. The number of piperidine rings is 1. The predicted octanol–water partition coefficient (Wildman–Crippen LogP) is 5.31. The maximum absolute atomic E-state index is 13.0. The van der Waals surface area contributed by atoms with Crippen molar-refractivity contribution in [2.24, 2.45) is 0 Å². The molecule has 37 heavy (non-hydrogen) atoms. The monoisotopic (exact) mass is 504 g/mol. The van der Waals surface area contributed by atoms with Gasteiger partial charge in [0, 0.05) is 36.3 Å². The summed E-state index contributed by atoms with van der Waals surface area (Å²) in [5.41, 5.74) is 4.95. The Hall–Kier alpha value is -4.28. The number of nitrogens with zero attached hydrogens (tertiary/aromatic N) is 6. The number of aromatic amines is 2. The van der Waals surface area contributed by atoms with Crippen LogP contribution in [-0.2, 0) is 0 Å². The second-order valence-electron chi connectivity index (χ2n) is 9.20. The number of nitrogens with one attached hydrogen (secondary N) is 2. The Bertz CT molecular complexity index is 1550. The average molecular weight is 505 g/mol. The molecule has 0 unspecified atom stereocenters. The summed E-state index contributed by atoms with van der Waals surface area (Å²) in [5, 5.41) is 4.59. The van der Waals surface area contributed by atoms with Gasteiger partial charge in [-0.15, -0.1) is 0 Å². The number of rotatable bonds is 6. The molecule has 6 rings (SSSR count). The minimum Gasteiger partial charge on any atom is -0.497 e. The third-order valence-electron chi connectivity index (χ3n) is 6.96.